The van der Waals surface area contributed by atoms with E-state index in [4.69, 9.17) is 23.9 Å². The minimum absolute atomic E-state index is 0.0688. The van der Waals surface area contributed by atoms with Crippen LogP contribution in [-0.4, -0.2) is 58.9 Å². The first-order valence-corrected chi connectivity index (χ1v) is 11.8. The molecule has 1 unspecified atom stereocenters. The van der Waals surface area contributed by atoms with Gasteiger partial charge in [0.2, 0.25) is 0 Å². The van der Waals surface area contributed by atoms with Crippen LogP contribution < -0.4 is 15.5 Å². The third-order valence-electron chi connectivity index (χ3n) is 6.78. The van der Waals surface area contributed by atoms with Crippen LogP contribution in [0.1, 0.15) is 69.2 Å². The summed E-state index contributed by atoms with van der Waals surface area (Å²) >= 11 is 0. The van der Waals surface area contributed by atoms with E-state index in [9.17, 15) is 4.79 Å². The number of aryl methyl sites for hydroxylation is 1. The number of aliphatic hydroxyl groups excluding tert-OH is 1. The lowest BCUT2D eigenvalue weighted by atomic mass is 9.78. The van der Waals surface area contributed by atoms with E-state index in [1.54, 1.807) is 4.68 Å². The van der Waals surface area contributed by atoms with Crippen LogP contribution in [0.5, 0.6) is 5.75 Å². The molecular weight excluding hydrogens is 437 g/mol. The fraction of sp³-hybridized carbons (Fsp3) is 0.583. The number of hydrogen-bond acceptors (Lipinski definition) is 7. The average Bonchev–Trinajstić information content (AvgIpc) is 3.31. The molecule has 0 spiro atoms. The van der Waals surface area contributed by atoms with Crippen LogP contribution in [-0.2, 0) is 14.0 Å². The maximum absolute atomic E-state index is 13.4. The summed E-state index contributed by atoms with van der Waals surface area (Å²) in [5.41, 5.74) is 1.84. The Morgan fingerprint density at radius 1 is 1.26 bits per heavy atom. The molecule has 2 aliphatic heterocycles. The molecule has 1 amide bonds. The molecule has 0 bridgehead atoms. The van der Waals surface area contributed by atoms with E-state index in [0.29, 0.717) is 18.0 Å². The Balaban J connectivity index is 1.55. The molecule has 4 rings (SSSR count). The molecule has 2 N–H and O–H groups in total. The third kappa shape index (κ3) is 4.86. The number of rotatable bonds is 7. The van der Waals surface area contributed by atoms with Crippen LogP contribution in [0, 0.1) is 6.92 Å². The molecule has 2 fully saturated rings. The lowest BCUT2D eigenvalue weighted by Crippen LogP contribution is -2.41. The van der Waals surface area contributed by atoms with E-state index in [-0.39, 0.29) is 31.0 Å². The van der Waals surface area contributed by atoms with Gasteiger partial charge in [-0.25, -0.2) is 4.68 Å². The minimum Gasteiger partial charge on any atom is -0.487 e. The number of nitrogens with one attached hydrogen (secondary N) is 1. The number of ether oxygens (including phenoxy) is 2. The molecule has 1 atom stereocenters. The van der Waals surface area contributed by atoms with Gasteiger partial charge >= 0.3 is 7.12 Å². The van der Waals surface area contributed by atoms with Gasteiger partial charge in [0.05, 0.1) is 24.0 Å². The summed E-state index contributed by atoms with van der Waals surface area (Å²) in [6, 6.07) is 5.71. The van der Waals surface area contributed by atoms with Crippen molar-refractivity contribution in [3.63, 3.8) is 0 Å². The van der Waals surface area contributed by atoms with Gasteiger partial charge in [-0.1, -0.05) is 12.1 Å². The van der Waals surface area contributed by atoms with Gasteiger partial charge in [0.25, 0.3) is 5.91 Å². The quantitative estimate of drug-likeness (QED) is 0.599. The van der Waals surface area contributed by atoms with E-state index in [1.165, 1.54) is 6.20 Å². The average molecular weight is 471 g/mol. The van der Waals surface area contributed by atoms with Gasteiger partial charge in [-0.05, 0) is 71.0 Å². The van der Waals surface area contributed by atoms with Crippen molar-refractivity contribution in [1.82, 2.24) is 9.78 Å². The predicted octanol–water partition coefficient (Wildman–Crippen LogP) is 2.81. The van der Waals surface area contributed by atoms with Gasteiger partial charge in [-0.3, -0.25) is 4.79 Å². The molecule has 3 heterocycles. The number of carbonyl (C=O) groups excluding carboxylic acids is 1. The summed E-state index contributed by atoms with van der Waals surface area (Å²) in [5.74, 6) is -0.0432. The van der Waals surface area contributed by atoms with Crippen LogP contribution in [0.4, 0.5) is 5.69 Å². The molecule has 1 aromatic heterocycles. The smallest absolute Gasteiger partial charge is 0.487 e. The molecule has 0 aliphatic carbocycles. The molecule has 184 valence electrons. The fourth-order valence-corrected chi connectivity index (χ4v) is 4.09. The van der Waals surface area contributed by atoms with Crippen molar-refractivity contribution in [2.45, 2.75) is 71.3 Å². The number of nitrogens with zero attached hydrogens (tertiary/aromatic N) is 2. The largest absolute Gasteiger partial charge is 0.494 e. The number of benzene rings is 1. The molecule has 1 aromatic carbocycles. The molecule has 0 radical (unpaired) electrons. The Bertz CT molecular complexity index is 1020. The SMILES string of the molecule is Cc1cc(B2OC(C)(C)C(C)(C)O2)ccc1NC(=O)c1c(OCCO)cnn1C1CCCCO1. The van der Waals surface area contributed by atoms with E-state index >= 15 is 0 Å². The first-order chi connectivity index (χ1) is 16.1. The van der Waals surface area contributed by atoms with E-state index < -0.39 is 18.3 Å². The lowest BCUT2D eigenvalue weighted by molar-refractivity contribution is -0.0406. The van der Waals surface area contributed by atoms with Gasteiger partial charge in [0.15, 0.2) is 17.7 Å². The van der Waals surface area contributed by atoms with Crippen molar-refractivity contribution in [3.05, 3.63) is 35.7 Å². The van der Waals surface area contributed by atoms with Crippen molar-refractivity contribution in [3.8, 4) is 5.75 Å². The van der Waals surface area contributed by atoms with Crippen LogP contribution in [0.25, 0.3) is 0 Å². The first kappa shape index (κ1) is 24.7. The normalized spacial score (nSPS) is 21.5. The molecule has 2 saturated heterocycles. The third-order valence-corrected chi connectivity index (χ3v) is 6.78. The van der Waals surface area contributed by atoms with Gasteiger partial charge in [0, 0.05) is 12.3 Å². The highest BCUT2D eigenvalue weighted by Crippen LogP contribution is 2.36. The highest BCUT2D eigenvalue weighted by Gasteiger charge is 2.51. The molecule has 10 heteroatoms. The maximum Gasteiger partial charge on any atom is 0.494 e. The first-order valence-electron chi connectivity index (χ1n) is 11.8. The minimum atomic E-state index is -0.475. The Hall–Kier alpha value is -2.40. The zero-order valence-corrected chi connectivity index (χ0v) is 20.6. The van der Waals surface area contributed by atoms with E-state index in [0.717, 1.165) is 30.3 Å². The zero-order valence-electron chi connectivity index (χ0n) is 20.6. The van der Waals surface area contributed by atoms with Crippen LogP contribution in [0.3, 0.4) is 0 Å². The zero-order chi connectivity index (χ0) is 24.5. The van der Waals surface area contributed by atoms with Crippen molar-refractivity contribution in [2.24, 2.45) is 0 Å². The maximum atomic E-state index is 13.4. The molecular formula is C24H34BN3O6. The summed E-state index contributed by atoms with van der Waals surface area (Å²) in [5, 5.41) is 16.5. The van der Waals surface area contributed by atoms with Gasteiger partial charge in [0.1, 0.15) is 6.61 Å². The predicted molar refractivity (Wildman–Crippen MR) is 128 cm³/mol. The topological polar surface area (TPSA) is 104 Å². The standard InChI is InChI=1S/C24H34BN3O6/c1-16-14-17(25-33-23(2,3)24(4,5)34-25)9-10-18(16)27-22(30)21-19(31-13-11-29)15-26-28(21)20-8-6-7-12-32-20/h9-10,14-15,20,29H,6-8,11-13H2,1-5H3,(H,27,30). The van der Waals surface area contributed by atoms with E-state index in [1.807, 2.05) is 52.8 Å². The number of hydrogen-bond donors (Lipinski definition) is 2. The highest BCUT2D eigenvalue weighted by molar-refractivity contribution is 6.62. The summed E-state index contributed by atoms with van der Waals surface area (Å²) in [4.78, 5) is 13.4. The van der Waals surface area contributed by atoms with Gasteiger partial charge < -0.3 is 29.2 Å². The molecule has 34 heavy (non-hydrogen) atoms. The Kier molecular flexibility index (Phi) is 7.05. The number of aromatic nitrogens is 2. The van der Waals surface area contributed by atoms with Crippen molar-refractivity contribution >= 4 is 24.2 Å². The van der Waals surface area contributed by atoms with Crippen LogP contribution in [0.15, 0.2) is 24.4 Å². The highest BCUT2D eigenvalue weighted by atomic mass is 16.7. The van der Waals surface area contributed by atoms with Crippen molar-refractivity contribution in [2.75, 3.05) is 25.1 Å². The summed E-state index contributed by atoms with van der Waals surface area (Å²) in [7, 11) is -0.475. The monoisotopic (exact) mass is 471 g/mol. The number of amides is 1. The van der Waals surface area contributed by atoms with Crippen molar-refractivity contribution < 1.29 is 28.7 Å². The van der Waals surface area contributed by atoms with Gasteiger partial charge in [-0.15, -0.1) is 0 Å². The van der Waals surface area contributed by atoms with Crippen LogP contribution in [0.2, 0.25) is 0 Å². The lowest BCUT2D eigenvalue weighted by Gasteiger charge is -2.32. The molecule has 2 aromatic rings. The van der Waals surface area contributed by atoms with Gasteiger partial charge in [-0.2, -0.15) is 5.10 Å². The number of aliphatic hydroxyl groups is 1. The Morgan fingerprint density at radius 3 is 2.62 bits per heavy atom. The Morgan fingerprint density at radius 2 is 2.00 bits per heavy atom. The second-order valence-electron chi connectivity index (χ2n) is 9.81. The van der Waals surface area contributed by atoms with Crippen LogP contribution >= 0.6 is 0 Å². The summed E-state index contributed by atoms with van der Waals surface area (Å²) in [6.07, 6.45) is 3.92. The summed E-state index contributed by atoms with van der Waals surface area (Å²) in [6.45, 7) is 10.5. The summed E-state index contributed by atoms with van der Waals surface area (Å²) < 4.78 is 25.3. The molecule has 2 aliphatic rings. The Labute approximate surface area is 200 Å². The van der Waals surface area contributed by atoms with E-state index in [2.05, 4.69) is 10.4 Å². The number of carbonyl (C=O) groups is 1. The fourth-order valence-electron chi connectivity index (χ4n) is 4.09. The number of anilines is 1. The second kappa shape index (κ2) is 9.69. The second-order valence-corrected chi connectivity index (χ2v) is 9.81. The molecule has 9 nitrogen and oxygen atoms in total. The van der Waals surface area contributed by atoms with Crippen molar-refractivity contribution in [1.29, 1.82) is 0 Å². The molecule has 0 saturated carbocycles.